The van der Waals surface area contributed by atoms with E-state index in [0.717, 1.165) is 21.7 Å². The van der Waals surface area contributed by atoms with E-state index in [4.69, 9.17) is 11.6 Å². The smallest absolute Gasteiger partial charge is 0.244 e. The zero-order chi connectivity index (χ0) is 29.4. The molecule has 0 aromatic heterocycles. The minimum Gasteiger partial charge on any atom is -0.352 e. The highest BCUT2D eigenvalue weighted by Crippen LogP contribution is 2.26. The van der Waals surface area contributed by atoms with Gasteiger partial charge in [0.2, 0.25) is 21.8 Å². The maximum atomic E-state index is 14.0. The topological polar surface area (TPSA) is 86.8 Å². The Morgan fingerprint density at radius 1 is 1.00 bits per heavy atom. The van der Waals surface area contributed by atoms with Gasteiger partial charge in [-0.05, 0) is 61.2 Å². The number of hydrogen-bond donors (Lipinski definition) is 1. The first-order valence-corrected chi connectivity index (χ1v) is 15.2. The lowest BCUT2D eigenvalue weighted by Gasteiger charge is -2.34. The van der Waals surface area contributed by atoms with E-state index in [9.17, 15) is 22.4 Å². The molecule has 10 heteroatoms. The van der Waals surface area contributed by atoms with Crippen LogP contribution in [0, 0.1) is 12.7 Å². The molecule has 0 heterocycles. The maximum Gasteiger partial charge on any atom is 0.244 e. The van der Waals surface area contributed by atoms with Crippen molar-refractivity contribution in [2.45, 2.75) is 52.2 Å². The molecule has 40 heavy (non-hydrogen) atoms. The normalized spacial score (nSPS) is 12.8. The van der Waals surface area contributed by atoms with E-state index in [1.807, 2.05) is 44.2 Å². The molecule has 214 valence electrons. The summed E-state index contributed by atoms with van der Waals surface area (Å²) in [5, 5.41) is 3.32. The van der Waals surface area contributed by atoms with E-state index in [2.05, 4.69) is 5.32 Å². The molecule has 3 aromatic carbocycles. The van der Waals surface area contributed by atoms with Crippen molar-refractivity contribution in [1.29, 1.82) is 0 Å². The van der Waals surface area contributed by atoms with E-state index in [1.165, 1.54) is 35.2 Å². The number of hydrogen-bond acceptors (Lipinski definition) is 4. The number of carbonyl (C=O) groups excluding carboxylic acids is 2. The van der Waals surface area contributed by atoms with Crippen molar-refractivity contribution in [2.75, 3.05) is 17.1 Å². The van der Waals surface area contributed by atoms with Gasteiger partial charge in [-0.2, -0.15) is 0 Å². The van der Waals surface area contributed by atoms with Crippen LogP contribution < -0.4 is 9.62 Å². The second-order valence-corrected chi connectivity index (χ2v) is 12.2. The van der Waals surface area contributed by atoms with Crippen LogP contribution in [0.2, 0.25) is 5.02 Å². The molecule has 0 aliphatic heterocycles. The van der Waals surface area contributed by atoms with Crippen LogP contribution in [0.4, 0.5) is 10.1 Å². The van der Waals surface area contributed by atoms with Crippen molar-refractivity contribution < 1.29 is 22.4 Å². The van der Waals surface area contributed by atoms with Gasteiger partial charge in [-0.25, -0.2) is 12.8 Å². The Balaban J connectivity index is 2.06. The molecular formula is C30H35ClFN3O4S. The standard InChI is InChI=1S/C30H35ClFN3O4S/c1-5-22(3)33-30(37)28(17-23-9-7-6-8-10-23)34(19-24-12-14-25(32)15-13-24)29(36)20-35(40(4,38)39)26-16-11-21(2)27(31)18-26/h6-16,18,22,28H,5,17,19-20H2,1-4H3,(H,33,37)/t22-,28-/m1/s1. The Labute approximate surface area is 241 Å². The first-order valence-electron chi connectivity index (χ1n) is 13.0. The summed E-state index contributed by atoms with van der Waals surface area (Å²) in [6.07, 6.45) is 1.90. The van der Waals surface area contributed by atoms with Crippen LogP contribution in [0.1, 0.15) is 37.0 Å². The van der Waals surface area contributed by atoms with Crippen LogP contribution in [0.25, 0.3) is 0 Å². The largest absolute Gasteiger partial charge is 0.352 e. The van der Waals surface area contributed by atoms with Crippen LogP contribution in [-0.4, -0.2) is 50.0 Å². The molecule has 1 N–H and O–H groups in total. The summed E-state index contributed by atoms with van der Waals surface area (Å²) in [4.78, 5) is 29.0. The molecule has 3 aromatic rings. The van der Waals surface area contributed by atoms with Crippen molar-refractivity contribution in [3.05, 3.63) is 100 Å². The van der Waals surface area contributed by atoms with Gasteiger partial charge in [0.15, 0.2) is 0 Å². The fourth-order valence-corrected chi connectivity index (χ4v) is 5.15. The van der Waals surface area contributed by atoms with E-state index in [1.54, 1.807) is 19.1 Å². The van der Waals surface area contributed by atoms with Crippen LogP contribution in [0.5, 0.6) is 0 Å². The van der Waals surface area contributed by atoms with Crippen LogP contribution in [-0.2, 0) is 32.6 Å². The van der Waals surface area contributed by atoms with E-state index in [-0.39, 0.29) is 30.6 Å². The lowest BCUT2D eigenvalue weighted by atomic mass is 10.0. The van der Waals surface area contributed by atoms with Gasteiger partial charge in [-0.15, -0.1) is 0 Å². The number of carbonyl (C=O) groups is 2. The summed E-state index contributed by atoms with van der Waals surface area (Å²) in [5.74, 6) is -1.39. The molecule has 2 atom stereocenters. The average molecular weight is 588 g/mol. The van der Waals surface area contributed by atoms with E-state index < -0.39 is 34.3 Å². The van der Waals surface area contributed by atoms with E-state index >= 15 is 0 Å². The number of halogens is 2. The molecule has 0 fully saturated rings. The Morgan fingerprint density at radius 2 is 1.65 bits per heavy atom. The highest BCUT2D eigenvalue weighted by molar-refractivity contribution is 7.92. The summed E-state index contributed by atoms with van der Waals surface area (Å²) < 4.78 is 40.3. The third kappa shape index (κ3) is 8.53. The third-order valence-corrected chi connectivity index (χ3v) is 8.21. The first-order chi connectivity index (χ1) is 18.9. The van der Waals surface area contributed by atoms with Crippen molar-refractivity contribution in [1.82, 2.24) is 10.2 Å². The van der Waals surface area contributed by atoms with Gasteiger partial charge in [0.05, 0.1) is 11.9 Å². The number of nitrogens with one attached hydrogen (secondary N) is 1. The minimum absolute atomic E-state index is 0.0310. The average Bonchev–Trinajstić information content (AvgIpc) is 2.91. The summed E-state index contributed by atoms with van der Waals surface area (Å²) >= 11 is 6.27. The molecule has 0 unspecified atom stereocenters. The molecule has 0 saturated carbocycles. The van der Waals surface area contributed by atoms with Crippen LogP contribution in [0.15, 0.2) is 72.8 Å². The second-order valence-electron chi connectivity index (χ2n) is 9.87. The number of aryl methyl sites for hydroxylation is 1. The third-order valence-electron chi connectivity index (χ3n) is 6.66. The van der Waals surface area contributed by atoms with Crippen molar-refractivity contribution in [3.8, 4) is 0 Å². The number of sulfonamides is 1. The minimum atomic E-state index is -3.91. The van der Waals surface area contributed by atoms with E-state index in [0.29, 0.717) is 17.0 Å². The predicted molar refractivity (Wildman–Crippen MR) is 157 cm³/mol. The van der Waals surface area contributed by atoms with Crippen LogP contribution in [0.3, 0.4) is 0 Å². The highest BCUT2D eigenvalue weighted by atomic mass is 35.5. The van der Waals surface area contributed by atoms with Gasteiger partial charge < -0.3 is 10.2 Å². The summed E-state index contributed by atoms with van der Waals surface area (Å²) in [6, 6.07) is 18.5. The molecule has 0 aliphatic carbocycles. The molecular weight excluding hydrogens is 553 g/mol. The molecule has 3 rings (SSSR count). The van der Waals surface area contributed by atoms with Gasteiger partial charge in [-0.3, -0.25) is 13.9 Å². The quantitative estimate of drug-likeness (QED) is 0.319. The Kier molecular flexibility index (Phi) is 10.7. The lowest BCUT2D eigenvalue weighted by Crippen LogP contribution is -2.54. The van der Waals surface area contributed by atoms with Gasteiger partial charge in [0, 0.05) is 24.0 Å². The first kappa shape index (κ1) is 31.1. The molecule has 0 saturated heterocycles. The van der Waals surface area contributed by atoms with Gasteiger partial charge >= 0.3 is 0 Å². The Morgan fingerprint density at radius 3 is 2.23 bits per heavy atom. The SMILES string of the molecule is CC[C@@H](C)NC(=O)[C@@H](Cc1ccccc1)N(Cc1ccc(F)cc1)C(=O)CN(c1ccc(C)c(Cl)c1)S(C)(=O)=O. The van der Waals surface area contributed by atoms with Gasteiger partial charge in [-0.1, -0.05) is 67.1 Å². The fraction of sp³-hybridized carbons (Fsp3) is 0.333. The zero-order valence-electron chi connectivity index (χ0n) is 23.1. The van der Waals surface area contributed by atoms with Crippen molar-refractivity contribution >= 4 is 39.1 Å². The van der Waals surface area contributed by atoms with Gasteiger partial charge in [0.25, 0.3) is 0 Å². The Bertz CT molecular complexity index is 1420. The number of rotatable bonds is 12. The summed E-state index contributed by atoms with van der Waals surface area (Å²) in [6.45, 7) is 5.01. The number of amides is 2. The molecule has 0 bridgehead atoms. The zero-order valence-corrected chi connectivity index (χ0v) is 24.7. The molecule has 2 amide bonds. The van der Waals surface area contributed by atoms with Gasteiger partial charge in [0.1, 0.15) is 18.4 Å². The molecule has 0 spiro atoms. The number of benzene rings is 3. The monoisotopic (exact) mass is 587 g/mol. The second kappa shape index (κ2) is 13.8. The highest BCUT2D eigenvalue weighted by Gasteiger charge is 2.33. The molecule has 0 aliphatic rings. The summed E-state index contributed by atoms with van der Waals surface area (Å²) in [5.41, 5.74) is 2.41. The fourth-order valence-electron chi connectivity index (χ4n) is 4.13. The van der Waals surface area contributed by atoms with Crippen LogP contribution >= 0.6 is 11.6 Å². The Hall–Kier alpha value is -3.43. The maximum absolute atomic E-state index is 14.0. The number of nitrogens with zero attached hydrogens (tertiary/aromatic N) is 2. The van der Waals surface area contributed by atoms with Crippen molar-refractivity contribution in [3.63, 3.8) is 0 Å². The summed E-state index contributed by atoms with van der Waals surface area (Å²) in [7, 11) is -3.91. The molecule has 7 nitrogen and oxygen atoms in total. The predicted octanol–water partition coefficient (Wildman–Crippen LogP) is 5.11. The number of anilines is 1. The lowest BCUT2D eigenvalue weighted by molar-refractivity contribution is -0.140. The molecule has 0 radical (unpaired) electrons. The van der Waals surface area contributed by atoms with Crippen molar-refractivity contribution in [2.24, 2.45) is 0 Å².